The van der Waals surface area contributed by atoms with E-state index in [0.717, 1.165) is 0 Å². The van der Waals surface area contributed by atoms with Crippen molar-refractivity contribution in [2.24, 2.45) is 5.92 Å². The lowest BCUT2D eigenvalue weighted by Crippen LogP contribution is -2.32. The second kappa shape index (κ2) is 2.75. The van der Waals surface area contributed by atoms with Crippen molar-refractivity contribution in [1.29, 1.82) is 0 Å². The number of hydrogen-bond acceptors (Lipinski definition) is 3. The molecule has 3 atom stereocenters. The molecular weight excluding hydrogens is 162 g/mol. The molecule has 0 spiro atoms. The van der Waals surface area contributed by atoms with Crippen LogP contribution in [-0.4, -0.2) is 46.2 Å². The normalized spacial score (nSPS) is 35.8. The number of likely N-dealkylation sites (N-methyl/N-ethyl adjacent to an activating group) is 1. The maximum absolute atomic E-state index is 11.0. The molecule has 0 aromatic carbocycles. The quantitative estimate of drug-likeness (QED) is 0.528. The van der Waals surface area contributed by atoms with Crippen molar-refractivity contribution < 1.29 is 19.8 Å². The number of nitrogens with zero attached hydrogens (tertiary/aromatic N) is 1. The Morgan fingerprint density at radius 2 is 2.08 bits per heavy atom. The smallest absolute Gasteiger partial charge is 0.311 e. The second-order valence-corrected chi connectivity index (χ2v) is 3.00. The Bertz CT molecular complexity index is 227. The predicted molar refractivity (Wildman–Crippen MR) is 39.4 cm³/mol. The molecule has 1 rings (SSSR count). The topological polar surface area (TPSA) is 77.8 Å². The predicted octanol–water partition coefficient (Wildman–Crippen LogP) is -1.09. The zero-order valence-corrected chi connectivity index (χ0v) is 6.89. The average molecular weight is 173 g/mol. The van der Waals surface area contributed by atoms with Crippen LogP contribution >= 0.6 is 0 Å². The molecule has 0 radical (unpaired) electrons. The highest BCUT2D eigenvalue weighted by Crippen LogP contribution is 2.24. The highest BCUT2D eigenvalue weighted by molar-refractivity contribution is 5.90. The van der Waals surface area contributed by atoms with E-state index in [4.69, 9.17) is 5.11 Å². The van der Waals surface area contributed by atoms with Crippen LogP contribution in [0.15, 0.2) is 0 Å². The Kier molecular flexibility index (Phi) is 2.06. The first kappa shape index (κ1) is 8.99. The number of aliphatic carboxylic acids is 1. The molecule has 68 valence electrons. The van der Waals surface area contributed by atoms with E-state index < -0.39 is 29.9 Å². The van der Waals surface area contributed by atoms with Gasteiger partial charge in [0.05, 0.1) is 0 Å². The molecule has 0 aliphatic carbocycles. The summed E-state index contributed by atoms with van der Waals surface area (Å²) in [6.45, 7) is 1.60. The summed E-state index contributed by atoms with van der Waals surface area (Å²) in [5.74, 6) is -2.65. The van der Waals surface area contributed by atoms with E-state index in [2.05, 4.69) is 0 Å². The first-order valence-corrected chi connectivity index (χ1v) is 3.64. The Hall–Kier alpha value is -1.10. The van der Waals surface area contributed by atoms with E-state index in [1.807, 2.05) is 0 Å². The molecule has 0 saturated carbocycles. The van der Waals surface area contributed by atoms with Gasteiger partial charge in [-0.15, -0.1) is 0 Å². The Balaban J connectivity index is 2.90. The van der Waals surface area contributed by atoms with Crippen LogP contribution in [0.5, 0.6) is 0 Å². The van der Waals surface area contributed by atoms with Crippen LogP contribution in [-0.2, 0) is 9.59 Å². The first-order chi connectivity index (χ1) is 5.46. The molecule has 1 aliphatic heterocycles. The second-order valence-electron chi connectivity index (χ2n) is 3.00. The van der Waals surface area contributed by atoms with Gasteiger partial charge in [0, 0.05) is 13.1 Å². The van der Waals surface area contributed by atoms with Crippen LogP contribution in [0.25, 0.3) is 0 Å². The number of aliphatic hydroxyl groups is 1. The van der Waals surface area contributed by atoms with Crippen molar-refractivity contribution in [3.8, 4) is 0 Å². The van der Waals surface area contributed by atoms with Gasteiger partial charge in [-0.2, -0.15) is 0 Å². The molecule has 1 saturated heterocycles. The molecule has 1 heterocycles. The van der Waals surface area contributed by atoms with E-state index in [1.165, 1.54) is 11.9 Å². The van der Waals surface area contributed by atoms with Crippen molar-refractivity contribution in [1.82, 2.24) is 4.90 Å². The average Bonchev–Trinajstić information content (AvgIpc) is 2.16. The van der Waals surface area contributed by atoms with Crippen LogP contribution in [0.2, 0.25) is 0 Å². The summed E-state index contributed by atoms with van der Waals surface area (Å²) in [6, 6.07) is -0.440. The number of amides is 1. The fourth-order valence-corrected chi connectivity index (χ4v) is 1.41. The molecule has 12 heavy (non-hydrogen) atoms. The van der Waals surface area contributed by atoms with Crippen molar-refractivity contribution in [2.45, 2.75) is 19.1 Å². The highest BCUT2D eigenvalue weighted by atomic mass is 16.4. The highest BCUT2D eigenvalue weighted by Gasteiger charge is 2.47. The summed E-state index contributed by atoms with van der Waals surface area (Å²) in [6.07, 6.45) is -1.39. The molecule has 1 fully saturated rings. The molecule has 2 N–H and O–H groups in total. The first-order valence-electron chi connectivity index (χ1n) is 3.64. The fourth-order valence-electron chi connectivity index (χ4n) is 1.41. The minimum atomic E-state index is -1.39. The third-order valence-electron chi connectivity index (χ3n) is 2.36. The maximum Gasteiger partial charge on any atom is 0.311 e. The molecule has 5 nitrogen and oxygen atoms in total. The monoisotopic (exact) mass is 173 g/mol. The number of likely N-dealkylation sites (tertiary alicyclic amines) is 1. The standard InChI is InChI=1S/C7H11NO4/c1-3-4(7(11)12)5(9)6(10)8(3)2/h3-5,9H,1-2H3,(H,11,12). The number of aliphatic hydroxyl groups excluding tert-OH is 1. The van der Waals surface area contributed by atoms with Crippen molar-refractivity contribution in [3.05, 3.63) is 0 Å². The number of carboxylic acid groups (broad SMARTS) is 1. The van der Waals surface area contributed by atoms with E-state index in [9.17, 15) is 14.7 Å². The largest absolute Gasteiger partial charge is 0.481 e. The van der Waals surface area contributed by atoms with Crippen LogP contribution in [0, 0.1) is 5.92 Å². The van der Waals surface area contributed by atoms with Crippen LogP contribution in [0.3, 0.4) is 0 Å². The van der Waals surface area contributed by atoms with Gasteiger partial charge >= 0.3 is 5.97 Å². The molecule has 0 aromatic rings. The number of carbonyl (C=O) groups excluding carboxylic acids is 1. The third kappa shape index (κ3) is 1.06. The lowest BCUT2D eigenvalue weighted by atomic mass is 10.00. The number of hydrogen-bond donors (Lipinski definition) is 2. The lowest BCUT2D eigenvalue weighted by molar-refractivity contribution is -0.147. The van der Waals surface area contributed by atoms with E-state index in [0.29, 0.717) is 0 Å². The molecule has 3 unspecified atom stereocenters. The van der Waals surface area contributed by atoms with Crippen LogP contribution in [0.1, 0.15) is 6.92 Å². The van der Waals surface area contributed by atoms with E-state index >= 15 is 0 Å². The van der Waals surface area contributed by atoms with Gasteiger partial charge < -0.3 is 15.1 Å². The van der Waals surface area contributed by atoms with Gasteiger partial charge in [-0.3, -0.25) is 9.59 Å². The Morgan fingerprint density at radius 3 is 2.25 bits per heavy atom. The van der Waals surface area contributed by atoms with Gasteiger partial charge in [-0.05, 0) is 6.92 Å². The van der Waals surface area contributed by atoms with E-state index in [1.54, 1.807) is 6.92 Å². The lowest BCUT2D eigenvalue weighted by Gasteiger charge is -2.16. The Morgan fingerprint density at radius 1 is 1.58 bits per heavy atom. The van der Waals surface area contributed by atoms with Gasteiger partial charge in [0.25, 0.3) is 5.91 Å². The van der Waals surface area contributed by atoms with E-state index in [-0.39, 0.29) is 0 Å². The Labute approximate surface area is 69.6 Å². The molecule has 0 bridgehead atoms. The molecule has 0 aromatic heterocycles. The SMILES string of the molecule is CC1C(C(=O)O)C(O)C(=O)N1C. The van der Waals surface area contributed by atoms with Crippen LogP contribution in [0.4, 0.5) is 0 Å². The van der Waals surface area contributed by atoms with Crippen molar-refractivity contribution in [2.75, 3.05) is 7.05 Å². The zero-order chi connectivity index (χ0) is 9.46. The van der Waals surface area contributed by atoms with Crippen molar-refractivity contribution >= 4 is 11.9 Å². The summed E-state index contributed by atoms with van der Waals surface area (Å²) < 4.78 is 0. The number of carboxylic acids is 1. The summed E-state index contributed by atoms with van der Waals surface area (Å²) >= 11 is 0. The number of carbonyl (C=O) groups is 2. The van der Waals surface area contributed by atoms with Gasteiger partial charge in [0.2, 0.25) is 0 Å². The van der Waals surface area contributed by atoms with Crippen molar-refractivity contribution in [3.63, 3.8) is 0 Å². The zero-order valence-electron chi connectivity index (χ0n) is 6.89. The molecule has 1 amide bonds. The summed E-state index contributed by atoms with van der Waals surface area (Å²) in [4.78, 5) is 22.9. The minimum absolute atomic E-state index is 0.440. The van der Waals surface area contributed by atoms with Crippen LogP contribution < -0.4 is 0 Å². The van der Waals surface area contributed by atoms with Gasteiger partial charge in [0.15, 0.2) is 0 Å². The molecular formula is C7H11NO4. The summed E-state index contributed by atoms with van der Waals surface area (Å²) in [7, 11) is 1.49. The fraction of sp³-hybridized carbons (Fsp3) is 0.714. The molecule has 1 aliphatic rings. The minimum Gasteiger partial charge on any atom is -0.481 e. The van der Waals surface area contributed by atoms with Gasteiger partial charge in [-0.25, -0.2) is 0 Å². The third-order valence-corrected chi connectivity index (χ3v) is 2.36. The van der Waals surface area contributed by atoms with Gasteiger partial charge in [0.1, 0.15) is 12.0 Å². The summed E-state index contributed by atoms with van der Waals surface area (Å²) in [5.41, 5.74) is 0. The molecule has 5 heteroatoms. The maximum atomic E-state index is 11.0. The van der Waals surface area contributed by atoms with Gasteiger partial charge in [-0.1, -0.05) is 0 Å². The summed E-state index contributed by atoms with van der Waals surface area (Å²) in [5, 5.41) is 17.8. The number of rotatable bonds is 1.